The van der Waals surface area contributed by atoms with Crippen LogP contribution in [0.4, 0.5) is 0 Å². The predicted molar refractivity (Wildman–Crippen MR) is 67.6 cm³/mol. The highest BCUT2D eigenvalue weighted by atomic mass is 32.1. The van der Waals surface area contributed by atoms with Crippen molar-refractivity contribution in [3.63, 3.8) is 0 Å². The number of hydrogen-bond donors (Lipinski definition) is 3. The molecule has 0 bridgehead atoms. The lowest BCUT2D eigenvalue weighted by Gasteiger charge is -2.14. The number of hydrogen-bond acceptors (Lipinski definition) is 4. The molecule has 0 aromatic carbocycles. The molecule has 1 atom stereocenters. The molecular formula is C10H14N2O2S2. The highest BCUT2D eigenvalue weighted by Crippen LogP contribution is 2.07. The summed E-state index contributed by atoms with van der Waals surface area (Å²) in [6, 6.07) is 3.30. The minimum absolute atomic E-state index is 0.210. The molecule has 16 heavy (non-hydrogen) atoms. The lowest BCUT2D eigenvalue weighted by molar-refractivity contribution is -0.127. The molecule has 0 spiro atoms. The summed E-state index contributed by atoms with van der Waals surface area (Å²) in [5, 5.41) is 7.23. The van der Waals surface area contributed by atoms with Crippen LogP contribution >= 0.6 is 24.0 Å². The summed E-state index contributed by atoms with van der Waals surface area (Å²) >= 11 is 5.60. The molecule has 1 unspecified atom stereocenters. The van der Waals surface area contributed by atoms with Crippen LogP contribution < -0.4 is 10.6 Å². The maximum atomic E-state index is 11.6. The Bertz CT molecular complexity index is 352. The molecule has 0 saturated carbocycles. The Hall–Kier alpha value is -1.01. The van der Waals surface area contributed by atoms with Crippen LogP contribution in [-0.2, 0) is 16.1 Å². The first-order valence-corrected chi connectivity index (χ1v) is 6.32. The van der Waals surface area contributed by atoms with Crippen LogP contribution in [0.2, 0.25) is 0 Å². The number of rotatable bonds is 5. The predicted octanol–water partition coefficient (Wildman–Crippen LogP) is 0.799. The van der Waals surface area contributed by atoms with Gasteiger partial charge in [-0.3, -0.25) is 9.59 Å². The van der Waals surface area contributed by atoms with Crippen molar-refractivity contribution >= 4 is 35.8 Å². The van der Waals surface area contributed by atoms with Gasteiger partial charge in [0, 0.05) is 17.6 Å². The zero-order valence-corrected chi connectivity index (χ0v) is 10.6. The number of nitrogens with one attached hydrogen (secondary N) is 2. The van der Waals surface area contributed by atoms with Crippen molar-refractivity contribution in [2.24, 2.45) is 0 Å². The lowest BCUT2D eigenvalue weighted by atomic mass is 10.3. The summed E-state index contributed by atoms with van der Waals surface area (Å²) in [7, 11) is 0. The number of amides is 2. The maximum absolute atomic E-state index is 11.6. The van der Waals surface area contributed by atoms with E-state index < -0.39 is 6.04 Å². The van der Waals surface area contributed by atoms with Gasteiger partial charge in [-0.25, -0.2) is 0 Å². The van der Waals surface area contributed by atoms with Crippen molar-refractivity contribution in [2.45, 2.75) is 19.5 Å². The number of carbonyl (C=O) groups excluding carboxylic acids is 2. The summed E-state index contributed by atoms with van der Waals surface area (Å²) in [4.78, 5) is 23.5. The molecule has 0 aliphatic carbocycles. The monoisotopic (exact) mass is 258 g/mol. The number of carbonyl (C=O) groups is 2. The van der Waals surface area contributed by atoms with Gasteiger partial charge >= 0.3 is 0 Å². The van der Waals surface area contributed by atoms with Gasteiger partial charge in [0.2, 0.25) is 11.8 Å². The average Bonchev–Trinajstić information content (AvgIpc) is 2.75. The van der Waals surface area contributed by atoms with Crippen molar-refractivity contribution in [3.8, 4) is 0 Å². The molecule has 2 amide bonds. The minimum Gasteiger partial charge on any atom is -0.349 e. The molecule has 0 aliphatic heterocycles. The summed E-state index contributed by atoms with van der Waals surface area (Å²) < 4.78 is 0. The number of thiophene rings is 1. The third kappa shape index (κ3) is 4.24. The molecule has 1 heterocycles. The molecular weight excluding hydrogens is 244 g/mol. The summed E-state index contributed by atoms with van der Waals surface area (Å²) in [5.74, 6) is -0.153. The van der Waals surface area contributed by atoms with Gasteiger partial charge in [0.25, 0.3) is 0 Å². The van der Waals surface area contributed by atoms with E-state index in [1.165, 1.54) is 6.92 Å². The van der Waals surface area contributed by atoms with Gasteiger partial charge in [-0.15, -0.1) is 11.3 Å². The Balaban J connectivity index is 2.40. The standard InChI is InChI=1S/C10H14N2O2S2/c1-7(13)12-9(6-15)10(14)11-5-8-3-2-4-16-8/h2-4,9,15H,5-6H2,1H3,(H,11,14)(H,12,13). The fourth-order valence-corrected chi connectivity index (χ4v) is 2.05. The van der Waals surface area contributed by atoms with Crippen molar-refractivity contribution < 1.29 is 9.59 Å². The minimum atomic E-state index is -0.569. The van der Waals surface area contributed by atoms with Crippen LogP contribution in [0.25, 0.3) is 0 Å². The SMILES string of the molecule is CC(=O)NC(CS)C(=O)NCc1cccs1. The highest BCUT2D eigenvalue weighted by Gasteiger charge is 2.16. The highest BCUT2D eigenvalue weighted by molar-refractivity contribution is 7.80. The second-order valence-corrected chi connectivity index (χ2v) is 4.63. The van der Waals surface area contributed by atoms with Crippen molar-refractivity contribution in [2.75, 3.05) is 5.75 Å². The second kappa shape index (κ2) is 6.55. The summed E-state index contributed by atoms with van der Waals surface area (Å²) in [6.45, 7) is 1.86. The van der Waals surface area contributed by atoms with E-state index in [0.29, 0.717) is 6.54 Å². The molecule has 2 N–H and O–H groups in total. The molecule has 0 saturated heterocycles. The van der Waals surface area contributed by atoms with E-state index in [1.54, 1.807) is 11.3 Å². The van der Waals surface area contributed by atoms with Crippen LogP contribution in [0.5, 0.6) is 0 Å². The fourth-order valence-electron chi connectivity index (χ4n) is 1.15. The molecule has 0 fully saturated rings. The number of thiol groups is 1. The second-order valence-electron chi connectivity index (χ2n) is 3.23. The van der Waals surface area contributed by atoms with E-state index in [2.05, 4.69) is 23.3 Å². The van der Waals surface area contributed by atoms with E-state index in [-0.39, 0.29) is 17.6 Å². The van der Waals surface area contributed by atoms with Crippen LogP contribution in [0.1, 0.15) is 11.8 Å². The molecule has 88 valence electrons. The maximum Gasteiger partial charge on any atom is 0.243 e. The zero-order valence-electron chi connectivity index (χ0n) is 8.90. The molecule has 0 radical (unpaired) electrons. The molecule has 6 heteroatoms. The van der Waals surface area contributed by atoms with Gasteiger partial charge in [0.05, 0.1) is 6.54 Å². The largest absolute Gasteiger partial charge is 0.349 e. The van der Waals surface area contributed by atoms with Gasteiger partial charge in [-0.2, -0.15) is 12.6 Å². The van der Waals surface area contributed by atoms with Crippen molar-refractivity contribution in [1.82, 2.24) is 10.6 Å². The Morgan fingerprint density at radius 2 is 2.31 bits per heavy atom. The third-order valence-electron chi connectivity index (χ3n) is 1.89. The topological polar surface area (TPSA) is 58.2 Å². The first kappa shape index (κ1) is 13.1. The quantitative estimate of drug-likeness (QED) is 0.684. The summed E-state index contributed by atoms with van der Waals surface area (Å²) in [5.41, 5.74) is 0. The molecule has 4 nitrogen and oxygen atoms in total. The Morgan fingerprint density at radius 1 is 1.56 bits per heavy atom. The van der Waals surface area contributed by atoms with Crippen LogP contribution in [0.3, 0.4) is 0 Å². The smallest absolute Gasteiger partial charge is 0.243 e. The van der Waals surface area contributed by atoms with Gasteiger partial charge in [0.15, 0.2) is 0 Å². The fraction of sp³-hybridized carbons (Fsp3) is 0.400. The Morgan fingerprint density at radius 3 is 2.81 bits per heavy atom. The van der Waals surface area contributed by atoms with Crippen LogP contribution in [0.15, 0.2) is 17.5 Å². The van der Waals surface area contributed by atoms with E-state index in [1.807, 2.05) is 17.5 Å². The van der Waals surface area contributed by atoms with Crippen LogP contribution in [-0.4, -0.2) is 23.6 Å². The van der Waals surface area contributed by atoms with Gasteiger partial charge in [-0.1, -0.05) is 6.07 Å². The Kier molecular flexibility index (Phi) is 5.34. The average molecular weight is 258 g/mol. The van der Waals surface area contributed by atoms with E-state index in [4.69, 9.17) is 0 Å². The van der Waals surface area contributed by atoms with E-state index in [9.17, 15) is 9.59 Å². The van der Waals surface area contributed by atoms with Gasteiger partial charge in [-0.05, 0) is 11.4 Å². The normalized spacial score (nSPS) is 11.9. The van der Waals surface area contributed by atoms with Gasteiger partial charge in [0.1, 0.15) is 6.04 Å². The lowest BCUT2D eigenvalue weighted by Crippen LogP contribution is -2.46. The molecule has 0 aliphatic rings. The summed E-state index contributed by atoms with van der Waals surface area (Å²) in [6.07, 6.45) is 0. The van der Waals surface area contributed by atoms with Crippen molar-refractivity contribution in [3.05, 3.63) is 22.4 Å². The molecule has 1 aromatic rings. The van der Waals surface area contributed by atoms with Crippen LogP contribution in [0, 0.1) is 0 Å². The third-order valence-corrected chi connectivity index (χ3v) is 3.14. The molecule has 1 aromatic heterocycles. The first-order chi connectivity index (χ1) is 7.63. The van der Waals surface area contributed by atoms with Gasteiger partial charge < -0.3 is 10.6 Å². The Labute approximate surface area is 104 Å². The van der Waals surface area contributed by atoms with E-state index >= 15 is 0 Å². The van der Waals surface area contributed by atoms with Crippen molar-refractivity contribution in [1.29, 1.82) is 0 Å². The molecule has 1 rings (SSSR count). The first-order valence-electron chi connectivity index (χ1n) is 4.81. The van der Waals surface area contributed by atoms with E-state index in [0.717, 1.165) is 4.88 Å². The zero-order chi connectivity index (χ0) is 12.0.